The lowest BCUT2D eigenvalue weighted by molar-refractivity contribution is 0.0925. The molecule has 6 heteroatoms. The number of rotatable bonds is 5. The Bertz CT molecular complexity index is 999. The van der Waals surface area contributed by atoms with Crippen LogP contribution in [0.25, 0.3) is 0 Å². The van der Waals surface area contributed by atoms with Crippen molar-refractivity contribution in [3.63, 3.8) is 0 Å². The van der Waals surface area contributed by atoms with E-state index in [2.05, 4.69) is 19.2 Å². The third-order valence-electron chi connectivity index (χ3n) is 5.57. The van der Waals surface area contributed by atoms with E-state index in [-0.39, 0.29) is 23.6 Å². The molecule has 2 aromatic rings. The predicted octanol–water partition coefficient (Wildman–Crippen LogP) is 4.36. The molecule has 156 valence electrons. The van der Waals surface area contributed by atoms with E-state index in [4.69, 9.17) is 0 Å². The second kappa shape index (κ2) is 8.57. The van der Waals surface area contributed by atoms with E-state index in [0.29, 0.717) is 24.2 Å². The first-order valence-corrected chi connectivity index (χ1v) is 11.8. The molecule has 0 spiro atoms. The number of benzene rings is 2. The number of anilines is 1. The van der Waals surface area contributed by atoms with Gasteiger partial charge in [0.1, 0.15) is 0 Å². The number of nitrogens with zero attached hydrogens (tertiary/aromatic N) is 1. The fourth-order valence-electron chi connectivity index (χ4n) is 3.84. The Kier molecular flexibility index (Phi) is 6.32. The van der Waals surface area contributed by atoms with Crippen LogP contribution in [0.3, 0.4) is 0 Å². The highest BCUT2D eigenvalue weighted by Gasteiger charge is 2.28. The van der Waals surface area contributed by atoms with Crippen LogP contribution in [0.2, 0.25) is 0 Å². The van der Waals surface area contributed by atoms with Crippen LogP contribution in [-0.2, 0) is 10.0 Å². The fourth-order valence-corrected chi connectivity index (χ4v) is 5.54. The van der Waals surface area contributed by atoms with Crippen molar-refractivity contribution in [1.82, 2.24) is 5.32 Å². The molecule has 0 radical (unpaired) electrons. The quantitative estimate of drug-likeness (QED) is 0.790. The molecule has 1 heterocycles. The second-order valence-electron chi connectivity index (χ2n) is 8.15. The summed E-state index contributed by atoms with van der Waals surface area (Å²) in [6.07, 6.45) is 1.52. The highest BCUT2D eigenvalue weighted by atomic mass is 32.2. The number of hydrogen-bond donors (Lipinski definition) is 1. The van der Waals surface area contributed by atoms with Crippen LogP contribution in [0.15, 0.2) is 42.5 Å². The van der Waals surface area contributed by atoms with Gasteiger partial charge in [0.05, 0.1) is 17.5 Å². The van der Waals surface area contributed by atoms with Gasteiger partial charge in [-0.15, -0.1) is 0 Å². The largest absolute Gasteiger partial charge is 0.345 e. The Labute approximate surface area is 174 Å². The summed E-state index contributed by atoms with van der Waals surface area (Å²) in [4.78, 5) is 13.1. The van der Waals surface area contributed by atoms with Crippen LogP contribution in [0.1, 0.15) is 59.8 Å². The number of hydrogen-bond acceptors (Lipinski definition) is 3. The van der Waals surface area contributed by atoms with Gasteiger partial charge in [0.2, 0.25) is 10.0 Å². The normalized spacial score (nSPS) is 17.2. The van der Waals surface area contributed by atoms with E-state index in [9.17, 15) is 13.2 Å². The topological polar surface area (TPSA) is 66.5 Å². The zero-order valence-electron chi connectivity index (χ0n) is 17.6. The van der Waals surface area contributed by atoms with Crippen molar-refractivity contribution in [2.24, 2.45) is 5.92 Å². The van der Waals surface area contributed by atoms with Gasteiger partial charge in [0, 0.05) is 12.1 Å². The molecule has 0 aliphatic carbocycles. The molecule has 1 saturated heterocycles. The number of carbonyl (C=O) groups is 1. The summed E-state index contributed by atoms with van der Waals surface area (Å²) in [5.41, 5.74) is 4.17. The summed E-state index contributed by atoms with van der Waals surface area (Å²) in [5, 5.41) is 3.15. The molecule has 1 atom stereocenters. The summed E-state index contributed by atoms with van der Waals surface area (Å²) in [7, 11) is -3.33. The summed E-state index contributed by atoms with van der Waals surface area (Å²) in [5.74, 6) is 0.182. The summed E-state index contributed by atoms with van der Waals surface area (Å²) in [6.45, 7) is 8.55. The maximum Gasteiger partial charge on any atom is 0.251 e. The van der Waals surface area contributed by atoms with Gasteiger partial charge in [-0.2, -0.15) is 0 Å². The lowest BCUT2D eigenvalue weighted by atomic mass is 9.92. The minimum Gasteiger partial charge on any atom is -0.345 e. The highest BCUT2D eigenvalue weighted by Crippen LogP contribution is 2.29. The molecular weight excluding hydrogens is 384 g/mol. The van der Waals surface area contributed by atoms with E-state index in [1.54, 1.807) is 12.1 Å². The SMILES string of the molecule is Cc1ccccc1[C@H](NC(=O)c1ccc(C)c(N2CCCCS2(=O)=O)c1)C(C)C. The zero-order valence-corrected chi connectivity index (χ0v) is 18.4. The maximum atomic E-state index is 13.1. The highest BCUT2D eigenvalue weighted by molar-refractivity contribution is 7.92. The lowest BCUT2D eigenvalue weighted by Gasteiger charge is -2.30. The minimum absolute atomic E-state index is 0.118. The van der Waals surface area contributed by atoms with Gasteiger partial charge in [0.25, 0.3) is 5.91 Å². The van der Waals surface area contributed by atoms with E-state index in [1.807, 2.05) is 44.2 Å². The molecule has 3 rings (SSSR count). The van der Waals surface area contributed by atoms with Crippen LogP contribution in [0.5, 0.6) is 0 Å². The van der Waals surface area contributed by atoms with Crippen molar-refractivity contribution in [3.8, 4) is 0 Å². The van der Waals surface area contributed by atoms with Gasteiger partial charge in [-0.25, -0.2) is 8.42 Å². The molecule has 2 aromatic carbocycles. The average molecular weight is 415 g/mol. The van der Waals surface area contributed by atoms with Crippen LogP contribution >= 0.6 is 0 Å². The van der Waals surface area contributed by atoms with Crippen molar-refractivity contribution in [1.29, 1.82) is 0 Å². The average Bonchev–Trinajstić information content (AvgIpc) is 2.67. The Balaban J connectivity index is 1.90. The van der Waals surface area contributed by atoms with Crippen LogP contribution in [0, 0.1) is 19.8 Å². The number of aryl methyl sites for hydroxylation is 2. The smallest absolute Gasteiger partial charge is 0.251 e. The van der Waals surface area contributed by atoms with Crippen molar-refractivity contribution in [2.75, 3.05) is 16.6 Å². The molecule has 1 amide bonds. The molecule has 29 heavy (non-hydrogen) atoms. The summed E-state index contributed by atoms with van der Waals surface area (Å²) in [6, 6.07) is 13.2. The third-order valence-corrected chi connectivity index (χ3v) is 7.42. The van der Waals surface area contributed by atoms with Crippen molar-refractivity contribution < 1.29 is 13.2 Å². The maximum absolute atomic E-state index is 13.1. The van der Waals surface area contributed by atoms with Crippen molar-refractivity contribution in [2.45, 2.75) is 46.6 Å². The molecule has 1 fully saturated rings. The van der Waals surface area contributed by atoms with Crippen LogP contribution in [0.4, 0.5) is 5.69 Å². The number of sulfonamides is 1. The van der Waals surface area contributed by atoms with Gasteiger partial charge in [-0.05, 0) is 61.4 Å². The van der Waals surface area contributed by atoms with Crippen LogP contribution in [-0.4, -0.2) is 26.6 Å². The van der Waals surface area contributed by atoms with E-state index < -0.39 is 10.0 Å². The van der Waals surface area contributed by atoms with Gasteiger partial charge >= 0.3 is 0 Å². The van der Waals surface area contributed by atoms with E-state index >= 15 is 0 Å². The molecular formula is C23H30N2O3S. The minimum atomic E-state index is -3.33. The first kappa shape index (κ1) is 21.4. The monoisotopic (exact) mass is 414 g/mol. The Morgan fingerprint density at radius 1 is 1.03 bits per heavy atom. The standard InChI is InChI=1S/C23H30N2O3S/c1-16(2)22(20-10-6-5-9-17(20)3)24-23(26)19-12-11-18(4)21(15-19)25-13-7-8-14-29(25,27)28/h5-6,9-12,15-16,22H,7-8,13-14H2,1-4H3,(H,24,26)/t22-/m1/s1. The van der Waals surface area contributed by atoms with Gasteiger partial charge < -0.3 is 5.32 Å². The first-order chi connectivity index (χ1) is 13.7. The number of amides is 1. The molecule has 1 aliphatic heterocycles. The molecule has 0 unspecified atom stereocenters. The zero-order chi connectivity index (χ0) is 21.2. The molecule has 1 aliphatic rings. The lowest BCUT2D eigenvalue weighted by Crippen LogP contribution is -2.38. The Hall–Kier alpha value is -2.34. The Morgan fingerprint density at radius 3 is 2.41 bits per heavy atom. The van der Waals surface area contributed by atoms with Gasteiger partial charge in [0.15, 0.2) is 0 Å². The fraction of sp³-hybridized carbons (Fsp3) is 0.435. The Morgan fingerprint density at radius 2 is 1.76 bits per heavy atom. The van der Waals surface area contributed by atoms with E-state index in [1.165, 1.54) is 4.31 Å². The number of carbonyl (C=O) groups excluding carboxylic acids is 1. The predicted molar refractivity (Wildman–Crippen MR) is 118 cm³/mol. The van der Waals surface area contributed by atoms with Crippen molar-refractivity contribution >= 4 is 21.6 Å². The molecule has 1 N–H and O–H groups in total. The van der Waals surface area contributed by atoms with Crippen molar-refractivity contribution in [3.05, 3.63) is 64.7 Å². The molecule has 0 saturated carbocycles. The van der Waals surface area contributed by atoms with E-state index in [0.717, 1.165) is 23.1 Å². The van der Waals surface area contributed by atoms with Gasteiger partial charge in [-0.3, -0.25) is 9.10 Å². The molecule has 0 aromatic heterocycles. The first-order valence-electron chi connectivity index (χ1n) is 10.2. The third kappa shape index (κ3) is 4.64. The van der Waals surface area contributed by atoms with Crippen LogP contribution < -0.4 is 9.62 Å². The summed E-state index contributed by atoms with van der Waals surface area (Å²) < 4.78 is 26.5. The van der Waals surface area contributed by atoms with Gasteiger partial charge in [-0.1, -0.05) is 44.2 Å². The molecule has 5 nitrogen and oxygen atoms in total. The number of nitrogens with one attached hydrogen (secondary N) is 1. The summed E-state index contributed by atoms with van der Waals surface area (Å²) >= 11 is 0. The molecule has 0 bridgehead atoms. The second-order valence-corrected chi connectivity index (χ2v) is 10.2.